The second kappa shape index (κ2) is 8.78. The molecule has 21 heavy (non-hydrogen) atoms. The zero-order valence-corrected chi connectivity index (χ0v) is 14.2. The van der Waals surface area contributed by atoms with Gasteiger partial charge in [0.25, 0.3) is 0 Å². The van der Waals surface area contributed by atoms with E-state index in [1.165, 1.54) is 0 Å². The molecule has 120 valence electrons. The summed E-state index contributed by atoms with van der Waals surface area (Å²) in [6.45, 7) is 7.58. The summed E-state index contributed by atoms with van der Waals surface area (Å²) in [5, 5.41) is 3.62. The van der Waals surface area contributed by atoms with Gasteiger partial charge in [0.1, 0.15) is 17.2 Å². The Morgan fingerprint density at radius 1 is 1.00 bits per heavy atom. The molecule has 0 saturated heterocycles. The first-order valence-corrected chi connectivity index (χ1v) is 7.66. The first-order valence-electron chi connectivity index (χ1n) is 7.66. The fourth-order valence-electron chi connectivity index (χ4n) is 2.46. The lowest BCUT2D eigenvalue weighted by atomic mass is 9.90. The molecule has 0 aliphatic heterocycles. The highest BCUT2D eigenvalue weighted by Crippen LogP contribution is 2.41. The lowest BCUT2D eigenvalue weighted by molar-refractivity contribution is 0.325. The molecule has 1 N–H and O–H groups in total. The Kier molecular flexibility index (Phi) is 7.37. The summed E-state index contributed by atoms with van der Waals surface area (Å²) in [6.07, 6.45) is 2.17. The highest BCUT2D eigenvalue weighted by Gasteiger charge is 2.25. The van der Waals surface area contributed by atoms with Gasteiger partial charge in [0.2, 0.25) is 0 Å². The summed E-state index contributed by atoms with van der Waals surface area (Å²) in [5.41, 5.74) is 1.07. The van der Waals surface area contributed by atoms with Gasteiger partial charge >= 0.3 is 0 Å². The van der Waals surface area contributed by atoms with Gasteiger partial charge in [0, 0.05) is 18.2 Å². The standard InChI is InChI=1S/C17H29NO3/c1-7-9-18-17(12(3)8-2)16-14(20-5)10-13(19-4)11-15(16)21-6/h10-12,17-18H,7-9H2,1-6H3. The number of hydrogen-bond donors (Lipinski definition) is 1. The summed E-state index contributed by atoms with van der Waals surface area (Å²) in [5.74, 6) is 2.83. The van der Waals surface area contributed by atoms with Gasteiger partial charge in [-0.15, -0.1) is 0 Å². The van der Waals surface area contributed by atoms with E-state index in [-0.39, 0.29) is 6.04 Å². The van der Waals surface area contributed by atoms with Crippen LogP contribution in [0.25, 0.3) is 0 Å². The van der Waals surface area contributed by atoms with Crippen LogP contribution in [0.15, 0.2) is 12.1 Å². The first-order chi connectivity index (χ1) is 10.1. The summed E-state index contributed by atoms with van der Waals surface area (Å²) in [7, 11) is 5.02. The molecule has 0 heterocycles. The molecule has 0 saturated carbocycles. The molecule has 0 aromatic heterocycles. The van der Waals surface area contributed by atoms with Crippen LogP contribution in [0.5, 0.6) is 17.2 Å². The Balaban J connectivity index is 3.32. The van der Waals surface area contributed by atoms with Crippen molar-refractivity contribution in [2.45, 2.75) is 39.7 Å². The SMILES string of the molecule is CCCNC(c1c(OC)cc(OC)cc1OC)C(C)CC. The lowest BCUT2D eigenvalue weighted by Crippen LogP contribution is -2.28. The number of hydrogen-bond acceptors (Lipinski definition) is 4. The topological polar surface area (TPSA) is 39.7 Å². The van der Waals surface area contributed by atoms with Crippen LogP contribution in [0, 0.1) is 5.92 Å². The third kappa shape index (κ3) is 4.27. The van der Waals surface area contributed by atoms with Crippen molar-refractivity contribution in [3.63, 3.8) is 0 Å². The van der Waals surface area contributed by atoms with E-state index < -0.39 is 0 Å². The fourth-order valence-corrected chi connectivity index (χ4v) is 2.46. The highest BCUT2D eigenvalue weighted by atomic mass is 16.5. The van der Waals surface area contributed by atoms with Crippen LogP contribution in [0.4, 0.5) is 0 Å². The molecule has 0 radical (unpaired) electrons. The van der Waals surface area contributed by atoms with Crippen molar-refractivity contribution in [1.82, 2.24) is 5.32 Å². The van der Waals surface area contributed by atoms with Crippen LogP contribution in [0.3, 0.4) is 0 Å². The number of benzene rings is 1. The summed E-state index contributed by atoms with van der Waals surface area (Å²) < 4.78 is 16.5. The van der Waals surface area contributed by atoms with Crippen molar-refractivity contribution in [1.29, 1.82) is 0 Å². The minimum absolute atomic E-state index is 0.200. The molecule has 2 atom stereocenters. The molecule has 0 aliphatic carbocycles. The number of nitrogens with one attached hydrogen (secondary N) is 1. The van der Waals surface area contributed by atoms with Crippen molar-refractivity contribution in [3.05, 3.63) is 17.7 Å². The third-order valence-electron chi connectivity index (χ3n) is 3.89. The van der Waals surface area contributed by atoms with Crippen LogP contribution >= 0.6 is 0 Å². The van der Waals surface area contributed by atoms with E-state index in [0.717, 1.165) is 42.2 Å². The average molecular weight is 295 g/mol. The minimum atomic E-state index is 0.200. The van der Waals surface area contributed by atoms with E-state index in [2.05, 4.69) is 26.1 Å². The highest BCUT2D eigenvalue weighted by molar-refractivity contribution is 5.52. The van der Waals surface area contributed by atoms with Crippen LogP contribution in [0.2, 0.25) is 0 Å². The molecule has 1 aromatic carbocycles. The van der Waals surface area contributed by atoms with Gasteiger partial charge in [-0.3, -0.25) is 0 Å². The van der Waals surface area contributed by atoms with Gasteiger partial charge in [-0.2, -0.15) is 0 Å². The number of rotatable bonds is 9. The first kappa shape index (κ1) is 17.6. The van der Waals surface area contributed by atoms with E-state index in [4.69, 9.17) is 14.2 Å². The number of ether oxygens (including phenoxy) is 3. The molecule has 0 fully saturated rings. The van der Waals surface area contributed by atoms with E-state index in [0.29, 0.717) is 5.92 Å². The van der Waals surface area contributed by atoms with Crippen molar-refractivity contribution in [2.75, 3.05) is 27.9 Å². The largest absolute Gasteiger partial charge is 0.496 e. The van der Waals surface area contributed by atoms with Gasteiger partial charge < -0.3 is 19.5 Å². The monoisotopic (exact) mass is 295 g/mol. The molecule has 2 unspecified atom stereocenters. The quantitative estimate of drug-likeness (QED) is 0.752. The predicted octanol–water partition coefficient (Wildman–Crippen LogP) is 3.80. The molecule has 1 rings (SSSR count). The zero-order chi connectivity index (χ0) is 15.8. The molecule has 0 aliphatic rings. The van der Waals surface area contributed by atoms with Crippen LogP contribution in [0.1, 0.15) is 45.2 Å². The van der Waals surface area contributed by atoms with Gasteiger partial charge in [-0.1, -0.05) is 27.2 Å². The Bertz CT molecular complexity index is 409. The second-order valence-electron chi connectivity index (χ2n) is 5.26. The normalized spacial score (nSPS) is 13.6. The lowest BCUT2D eigenvalue weighted by Gasteiger charge is -2.28. The van der Waals surface area contributed by atoms with Crippen molar-refractivity contribution < 1.29 is 14.2 Å². The molecule has 4 nitrogen and oxygen atoms in total. The maximum atomic E-state index is 5.59. The van der Waals surface area contributed by atoms with E-state index >= 15 is 0 Å². The van der Waals surface area contributed by atoms with Gasteiger partial charge in [-0.05, 0) is 18.9 Å². The molecule has 4 heteroatoms. The molecule has 0 amide bonds. The summed E-state index contributed by atoms with van der Waals surface area (Å²) in [4.78, 5) is 0. The van der Waals surface area contributed by atoms with E-state index in [9.17, 15) is 0 Å². The average Bonchev–Trinajstić information content (AvgIpc) is 2.54. The van der Waals surface area contributed by atoms with E-state index in [1.807, 2.05) is 12.1 Å². The second-order valence-corrected chi connectivity index (χ2v) is 5.26. The van der Waals surface area contributed by atoms with Crippen LogP contribution < -0.4 is 19.5 Å². The molecular weight excluding hydrogens is 266 g/mol. The molecule has 0 bridgehead atoms. The van der Waals surface area contributed by atoms with Gasteiger partial charge in [0.05, 0.1) is 26.9 Å². The third-order valence-corrected chi connectivity index (χ3v) is 3.89. The smallest absolute Gasteiger partial charge is 0.131 e. The summed E-state index contributed by atoms with van der Waals surface area (Å²) >= 11 is 0. The Hall–Kier alpha value is -1.42. The van der Waals surface area contributed by atoms with Crippen molar-refractivity contribution in [2.24, 2.45) is 5.92 Å². The minimum Gasteiger partial charge on any atom is -0.496 e. The van der Waals surface area contributed by atoms with Crippen molar-refractivity contribution in [3.8, 4) is 17.2 Å². The van der Waals surface area contributed by atoms with E-state index in [1.54, 1.807) is 21.3 Å². The van der Waals surface area contributed by atoms with Gasteiger partial charge in [-0.25, -0.2) is 0 Å². The predicted molar refractivity (Wildman–Crippen MR) is 86.6 cm³/mol. The maximum Gasteiger partial charge on any atom is 0.131 e. The molecule has 1 aromatic rings. The van der Waals surface area contributed by atoms with Crippen LogP contribution in [-0.2, 0) is 0 Å². The summed E-state index contributed by atoms with van der Waals surface area (Å²) in [6, 6.07) is 4.03. The van der Waals surface area contributed by atoms with Crippen molar-refractivity contribution >= 4 is 0 Å². The molecule has 0 spiro atoms. The Morgan fingerprint density at radius 2 is 1.57 bits per heavy atom. The van der Waals surface area contributed by atoms with Gasteiger partial charge in [0.15, 0.2) is 0 Å². The maximum absolute atomic E-state index is 5.59. The van der Waals surface area contributed by atoms with Crippen LogP contribution in [-0.4, -0.2) is 27.9 Å². The molecular formula is C17H29NO3. The zero-order valence-electron chi connectivity index (χ0n) is 14.2. The Labute approximate surface area is 128 Å². The number of methoxy groups -OCH3 is 3. The fraction of sp³-hybridized carbons (Fsp3) is 0.647. The Morgan fingerprint density at radius 3 is 1.95 bits per heavy atom.